The molecule has 0 unspecified atom stereocenters. The molecular formula is C22H23N3O3. The Morgan fingerprint density at radius 2 is 2.07 bits per heavy atom. The lowest BCUT2D eigenvalue weighted by molar-refractivity contribution is -0.115. The molecule has 0 bridgehead atoms. The van der Waals surface area contributed by atoms with Crippen LogP contribution in [0.15, 0.2) is 30.3 Å². The number of aromatic nitrogens is 1. The number of nitrogens with zero attached hydrogens (tertiary/aromatic N) is 1. The van der Waals surface area contributed by atoms with Gasteiger partial charge in [-0.1, -0.05) is 19.1 Å². The van der Waals surface area contributed by atoms with Gasteiger partial charge in [0.05, 0.1) is 6.42 Å². The minimum atomic E-state index is -0.314. The van der Waals surface area contributed by atoms with Gasteiger partial charge in [-0.2, -0.15) is 0 Å². The number of carbonyl (C=O) groups excluding carboxylic acids is 3. The van der Waals surface area contributed by atoms with Gasteiger partial charge >= 0.3 is 0 Å². The standard InChI is InChI=1S/C22H23N3O3/c1-12-6-14(12)10-20(26)15-8-16(24-19(9-15)22(28)23-2)7-13-4-3-5-18-17(13)11-21(27)25-18/h3-5,8-9,12,14H,6-7,10-11H2,1-2H3,(H,23,28)(H,25,27)/t12-,14+/m0/s1. The van der Waals surface area contributed by atoms with E-state index in [1.807, 2.05) is 18.2 Å². The van der Waals surface area contributed by atoms with Crippen molar-refractivity contribution in [2.75, 3.05) is 12.4 Å². The molecule has 0 radical (unpaired) electrons. The molecule has 4 rings (SSSR count). The molecule has 0 spiro atoms. The molecule has 6 nitrogen and oxygen atoms in total. The summed E-state index contributed by atoms with van der Waals surface area (Å²) >= 11 is 0. The number of anilines is 1. The maximum Gasteiger partial charge on any atom is 0.269 e. The van der Waals surface area contributed by atoms with Crippen molar-refractivity contribution in [1.29, 1.82) is 0 Å². The molecule has 1 fully saturated rings. The molecule has 0 saturated heterocycles. The van der Waals surface area contributed by atoms with E-state index >= 15 is 0 Å². The zero-order chi connectivity index (χ0) is 19.8. The summed E-state index contributed by atoms with van der Waals surface area (Å²) in [4.78, 5) is 41.1. The van der Waals surface area contributed by atoms with Crippen LogP contribution in [-0.2, 0) is 17.6 Å². The minimum Gasteiger partial charge on any atom is -0.354 e. The Hall–Kier alpha value is -3.02. The van der Waals surface area contributed by atoms with Crippen molar-refractivity contribution in [3.05, 3.63) is 58.4 Å². The first-order chi connectivity index (χ1) is 13.4. The van der Waals surface area contributed by atoms with Gasteiger partial charge in [-0.05, 0) is 47.6 Å². The molecule has 1 aliphatic heterocycles. The van der Waals surface area contributed by atoms with Crippen molar-refractivity contribution < 1.29 is 14.4 Å². The first kappa shape index (κ1) is 18.3. The normalized spacial score (nSPS) is 19.7. The van der Waals surface area contributed by atoms with Crippen LogP contribution in [0.2, 0.25) is 0 Å². The first-order valence-electron chi connectivity index (χ1n) is 9.61. The summed E-state index contributed by atoms with van der Waals surface area (Å²) in [5.41, 5.74) is 4.19. The fourth-order valence-corrected chi connectivity index (χ4v) is 3.80. The molecule has 1 aromatic heterocycles. The number of amides is 2. The van der Waals surface area contributed by atoms with E-state index in [2.05, 4.69) is 22.5 Å². The van der Waals surface area contributed by atoms with Crippen LogP contribution in [0, 0.1) is 11.8 Å². The van der Waals surface area contributed by atoms with Gasteiger partial charge in [0.1, 0.15) is 5.69 Å². The number of hydrogen-bond donors (Lipinski definition) is 2. The third kappa shape index (κ3) is 3.67. The molecular weight excluding hydrogens is 354 g/mol. The van der Waals surface area contributed by atoms with Crippen LogP contribution < -0.4 is 10.6 Å². The molecule has 1 saturated carbocycles. The lowest BCUT2D eigenvalue weighted by Gasteiger charge is -2.10. The van der Waals surface area contributed by atoms with E-state index in [1.54, 1.807) is 19.2 Å². The highest BCUT2D eigenvalue weighted by Gasteiger charge is 2.34. The molecule has 2 amide bonds. The molecule has 2 atom stereocenters. The Morgan fingerprint density at radius 3 is 2.79 bits per heavy atom. The fourth-order valence-electron chi connectivity index (χ4n) is 3.80. The Morgan fingerprint density at radius 1 is 1.29 bits per heavy atom. The number of rotatable bonds is 6. The largest absolute Gasteiger partial charge is 0.354 e. The van der Waals surface area contributed by atoms with Crippen LogP contribution in [0.4, 0.5) is 5.69 Å². The third-order valence-electron chi connectivity index (χ3n) is 5.64. The van der Waals surface area contributed by atoms with Crippen LogP contribution in [-0.4, -0.2) is 29.6 Å². The Kier molecular flexibility index (Phi) is 4.71. The van der Waals surface area contributed by atoms with E-state index in [1.165, 1.54) is 0 Å². The van der Waals surface area contributed by atoms with Crippen molar-refractivity contribution in [2.24, 2.45) is 11.8 Å². The highest BCUT2D eigenvalue weighted by Crippen LogP contribution is 2.41. The predicted molar refractivity (Wildman–Crippen MR) is 105 cm³/mol. The number of Topliss-reactive ketones (excluding diaryl/α,β-unsaturated/α-hetero) is 1. The van der Waals surface area contributed by atoms with E-state index in [0.717, 1.165) is 23.2 Å². The summed E-state index contributed by atoms with van der Waals surface area (Å²) in [6, 6.07) is 9.09. The number of nitrogens with one attached hydrogen (secondary N) is 2. The lowest BCUT2D eigenvalue weighted by Crippen LogP contribution is -2.21. The zero-order valence-corrected chi connectivity index (χ0v) is 16.0. The van der Waals surface area contributed by atoms with Crippen LogP contribution in [0.3, 0.4) is 0 Å². The molecule has 2 aromatic rings. The fraction of sp³-hybridized carbons (Fsp3) is 0.364. The van der Waals surface area contributed by atoms with Gasteiger partial charge in [0.25, 0.3) is 5.91 Å². The highest BCUT2D eigenvalue weighted by molar-refractivity contribution is 6.00. The molecule has 1 aromatic carbocycles. The van der Waals surface area contributed by atoms with Crippen molar-refractivity contribution in [3.63, 3.8) is 0 Å². The van der Waals surface area contributed by atoms with E-state index in [4.69, 9.17) is 0 Å². The number of benzene rings is 1. The van der Waals surface area contributed by atoms with Crippen LogP contribution >= 0.6 is 0 Å². The van der Waals surface area contributed by atoms with Gasteiger partial charge in [0, 0.05) is 36.8 Å². The highest BCUT2D eigenvalue weighted by atomic mass is 16.2. The maximum atomic E-state index is 12.7. The maximum absolute atomic E-state index is 12.7. The monoisotopic (exact) mass is 377 g/mol. The van der Waals surface area contributed by atoms with Gasteiger partial charge < -0.3 is 10.6 Å². The molecule has 144 valence electrons. The molecule has 2 heterocycles. The Bertz CT molecular complexity index is 983. The van der Waals surface area contributed by atoms with E-state index < -0.39 is 0 Å². The smallest absolute Gasteiger partial charge is 0.269 e. The average molecular weight is 377 g/mol. The predicted octanol–water partition coefficient (Wildman–Crippen LogP) is 2.76. The van der Waals surface area contributed by atoms with Gasteiger partial charge in [-0.15, -0.1) is 0 Å². The van der Waals surface area contributed by atoms with E-state index in [9.17, 15) is 14.4 Å². The number of fused-ring (bicyclic) bond motifs is 1. The number of ketones is 1. The van der Waals surface area contributed by atoms with Crippen LogP contribution in [0.1, 0.15) is 57.4 Å². The Balaban J connectivity index is 1.66. The quantitative estimate of drug-likeness (QED) is 0.758. The summed E-state index contributed by atoms with van der Waals surface area (Å²) in [6.07, 6.45) is 2.40. The van der Waals surface area contributed by atoms with Crippen molar-refractivity contribution in [1.82, 2.24) is 10.3 Å². The SMILES string of the molecule is CNC(=O)c1cc(C(=O)C[C@H]2C[C@@H]2C)cc(Cc2cccc3c2CC(=O)N3)n1. The summed E-state index contributed by atoms with van der Waals surface area (Å²) < 4.78 is 0. The average Bonchev–Trinajstić information content (AvgIpc) is 3.22. The number of hydrogen-bond acceptors (Lipinski definition) is 4. The second-order valence-corrected chi connectivity index (χ2v) is 7.76. The van der Waals surface area contributed by atoms with Gasteiger partial charge in [0.15, 0.2) is 5.78 Å². The third-order valence-corrected chi connectivity index (χ3v) is 5.64. The van der Waals surface area contributed by atoms with E-state index in [-0.39, 0.29) is 23.3 Å². The first-order valence-corrected chi connectivity index (χ1v) is 9.61. The number of pyridine rings is 1. The number of carbonyl (C=O) groups is 3. The van der Waals surface area contributed by atoms with Crippen molar-refractivity contribution >= 4 is 23.3 Å². The summed E-state index contributed by atoms with van der Waals surface area (Å²) in [6.45, 7) is 2.15. The van der Waals surface area contributed by atoms with Gasteiger partial charge in [0.2, 0.25) is 5.91 Å². The molecule has 2 N–H and O–H groups in total. The minimum absolute atomic E-state index is 0.0241. The molecule has 6 heteroatoms. The zero-order valence-electron chi connectivity index (χ0n) is 16.0. The molecule has 1 aliphatic carbocycles. The second kappa shape index (κ2) is 7.19. The van der Waals surface area contributed by atoms with Crippen LogP contribution in [0.25, 0.3) is 0 Å². The van der Waals surface area contributed by atoms with Crippen LogP contribution in [0.5, 0.6) is 0 Å². The Labute approximate surface area is 163 Å². The molecule has 28 heavy (non-hydrogen) atoms. The summed E-state index contributed by atoms with van der Waals surface area (Å²) in [7, 11) is 1.55. The van der Waals surface area contributed by atoms with Crippen molar-refractivity contribution in [2.45, 2.75) is 32.6 Å². The van der Waals surface area contributed by atoms with E-state index in [0.29, 0.717) is 42.4 Å². The molecule has 2 aliphatic rings. The van der Waals surface area contributed by atoms with Gasteiger partial charge in [-0.3, -0.25) is 14.4 Å². The topological polar surface area (TPSA) is 88.2 Å². The second-order valence-electron chi connectivity index (χ2n) is 7.76. The van der Waals surface area contributed by atoms with Gasteiger partial charge in [-0.25, -0.2) is 4.98 Å². The lowest BCUT2D eigenvalue weighted by atomic mass is 9.98. The van der Waals surface area contributed by atoms with Crippen molar-refractivity contribution in [3.8, 4) is 0 Å². The summed E-state index contributed by atoms with van der Waals surface area (Å²) in [5.74, 6) is 0.760. The summed E-state index contributed by atoms with van der Waals surface area (Å²) in [5, 5.41) is 5.43.